The standard InChI is InChI=1S/C26H32N4O5S/c1-2-26(17-31,30-18-27-24(32)22-14-7-8-15-23(22)30)19-10-9-13-21(16-19)36(34,35)29-25(33)28-20-11-5-3-4-6-12-20/h7-10,13-17,20H,2-6,11-12,18H2,1H3,(H,27,32)(H2,28,29,33). The highest BCUT2D eigenvalue weighted by molar-refractivity contribution is 7.90. The predicted molar refractivity (Wildman–Crippen MR) is 136 cm³/mol. The van der Waals surface area contributed by atoms with Crippen LogP contribution in [0.5, 0.6) is 0 Å². The molecule has 2 aromatic rings. The van der Waals surface area contributed by atoms with Crippen LogP contribution in [0.3, 0.4) is 0 Å². The maximum atomic E-state index is 13.1. The van der Waals surface area contributed by atoms with Gasteiger partial charge in [0, 0.05) is 6.04 Å². The number of amides is 3. The fourth-order valence-electron chi connectivity index (χ4n) is 5.11. The molecule has 3 N–H and O–H groups in total. The minimum atomic E-state index is -4.18. The van der Waals surface area contributed by atoms with Crippen LogP contribution >= 0.6 is 0 Å². The second-order valence-electron chi connectivity index (χ2n) is 9.30. The molecule has 2 aromatic carbocycles. The Hall–Kier alpha value is -3.40. The van der Waals surface area contributed by atoms with Crippen LogP contribution < -0.4 is 20.3 Å². The molecule has 4 rings (SSSR count). The number of nitrogens with zero attached hydrogens (tertiary/aromatic N) is 1. The van der Waals surface area contributed by atoms with E-state index in [1.54, 1.807) is 41.3 Å². The van der Waals surface area contributed by atoms with Crippen LogP contribution in [-0.4, -0.2) is 39.4 Å². The van der Waals surface area contributed by atoms with Gasteiger partial charge in [-0.2, -0.15) is 0 Å². The Labute approximate surface area is 211 Å². The van der Waals surface area contributed by atoms with Crippen molar-refractivity contribution in [2.24, 2.45) is 0 Å². The Morgan fingerprint density at radius 1 is 1.11 bits per heavy atom. The van der Waals surface area contributed by atoms with Crippen molar-refractivity contribution < 1.29 is 22.8 Å². The Morgan fingerprint density at radius 3 is 2.53 bits per heavy atom. The minimum absolute atomic E-state index is 0.0498. The Kier molecular flexibility index (Phi) is 7.63. The van der Waals surface area contributed by atoms with Crippen molar-refractivity contribution in [2.45, 2.75) is 68.3 Å². The number of nitrogens with one attached hydrogen (secondary N) is 3. The van der Waals surface area contributed by atoms with E-state index in [1.165, 1.54) is 12.1 Å². The van der Waals surface area contributed by atoms with Crippen LogP contribution in [0.15, 0.2) is 53.4 Å². The average molecular weight is 513 g/mol. The molecule has 1 saturated carbocycles. The third-order valence-electron chi connectivity index (χ3n) is 7.11. The smallest absolute Gasteiger partial charge is 0.328 e. The highest BCUT2D eigenvalue weighted by Crippen LogP contribution is 2.38. The fraction of sp³-hybridized carbons (Fsp3) is 0.423. The lowest BCUT2D eigenvalue weighted by Gasteiger charge is -2.44. The van der Waals surface area contributed by atoms with Gasteiger partial charge in [0.15, 0.2) is 0 Å². The number of hydrogen-bond acceptors (Lipinski definition) is 6. The number of fused-ring (bicyclic) bond motifs is 1. The van der Waals surface area contributed by atoms with Crippen LogP contribution in [0.2, 0.25) is 0 Å². The van der Waals surface area contributed by atoms with E-state index in [0.717, 1.165) is 44.8 Å². The molecule has 0 bridgehead atoms. The summed E-state index contributed by atoms with van der Waals surface area (Å²) in [6, 6.07) is 12.2. The van der Waals surface area contributed by atoms with E-state index in [9.17, 15) is 22.8 Å². The normalized spacial score (nSPS) is 18.2. The van der Waals surface area contributed by atoms with Crippen LogP contribution in [0.1, 0.15) is 67.8 Å². The Balaban J connectivity index is 1.62. The molecule has 9 nitrogen and oxygen atoms in total. The van der Waals surface area contributed by atoms with Gasteiger partial charge in [-0.3, -0.25) is 4.79 Å². The van der Waals surface area contributed by atoms with E-state index in [0.29, 0.717) is 23.2 Å². The second-order valence-corrected chi connectivity index (χ2v) is 11.0. The third-order valence-corrected chi connectivity index (χ3v) is 8.44. The van der Waals surface area contributed by atoms with Gasteiger partial charge in [0.25, 0.3) is 15.9 Å². The highest BCUT2D eigenvalue weighted by Gasteiger charge is 2.41. The molecule has 36 heavy (non-hydrogen) atoms. The molecule has 0 saturated heterocycles. The summed E-state index contributed by atoms with van der Waals surface area (Å²) < 4.78 is 28.3. The van der Waals surface area contributed by atoms with E-state index < -0.39 is 21.6 Å². The molecule has 2 aliphatic rings. The molecule has 10 heteroatoms. The van der Waals surface area contributed by atoms with Crippen molar-refractivity contribution in [1.29, 1.82) is 0 Å². The number of anilines is 1. The number of rotatable bonds is 7. The Bertz CT molecular complexity index is 1240. The van der Waals surface area contributed by atoms with Gasteiger partial charge in [0.2, 0.25) is 0 Å². The van der Waals surface area contributed by atoms with Crippen LogP contribution in [0, 0.1) is 0 Å². The molecule has 0 aromatic heterocycles. The lowest BCUT2D eigenvalue weighted by molar-refractivity contribution is -0.112. The largest absolute Gasteiger partial charge is 0.337 e. The summed E-state index contributed by atoms with van der Waals surface area (Å²) in [5.41, 5.74) is 0.226. The number of aldehydes is 1. The van der Waals surface area contributed by atoms with Crippen molar-refractivity contribution in [3.05, 3.63) is 59.7 Å². The summed E-state index contributed by atoms with van der Waals surface area (Å²) in [6.07, 6.45) is 7.00. The van der Waals surface area contributed by atoms with E-state index in [4.69, 9.17) is 0 Å². The molecule has 1 atom stereocenters. The summed E-state index contributed by atoms with van der Waals surface area (Å²) in [5.74, 6) is -0.238. The molecular formula is C26H32N4O5S. The topological polar surface area (TPSA) is 125 Å². The number of hydrogen-bond donors (Lipinski definition) is 3. The number of carbonyl (C=O) groups excluding carboxylic acids is 3. The quantitative estimate of drug-likeness (QED) is 0.386. The molecule has 1 heterocycles. The first kappa shape index (κ1) is 25.7. The first-order valence-electron chi connectivity index (χ1n) is 12.4. The van der Waals surface area contributed by atoms with Crippen molar-refractivity contribution in [2.75, 3.05) is 11.6 Å². The monoisotopic (exact) mass is 512 g/mol. The lowest BCUT2D eigenvalue weighted by atomic mass is 9.85. The third kappa shape index (κ3) is 5.09. The van der Waals surface area contributed by atoms with Gasteiger partial charge in [-0.1, -0.05) is 56.9 Å². The van der Waals surface area contributed by atoms with Crippen LogP contribution in [0.25, 0.3) is 0 Å². The summed E-state index contributed by atoms with van der Waals surface area (Å²) in [4.78, 5) is 39.2. The highest BCUT2D eigenvalue weighted by atomic mass is 32.2. The molecule has 0 spiro atoms. The van der Waals surface area contributed by atoms with Crippen LogP contribution in [0.4, 0.5) is 10.5 Å². The number of urea groups is 1. The number of para-hydroxylation sites is 1. The van der Waals surface area contributed by atoms with Gasteiger partial charge >= 0.3 is 6.03 Å². The summed E-state index contributed by atoms with van der Waals surface area (Å²) in [6.45, 7) is 1.91. The summed E-state index contributed by atoms with van der Waals surface area (Å²) >= 11 is 0. The molecule has 1 aliphatic heterocycles. The maximum absolute atomic E-state index is 13.1. The molecule has 1 aliphatic carbocycles. The van der Waals surface area contributed by atoms with Crippen LogP contribution in [-0.2, 0) is 20.4 Å². The van der Waals surface area contributed by atoms with E-state index in [2.05, 4.69) is 15.4 Å². The SMILES string of the molecule is CCC(C=O)(c1cccc(S(=O)(=O)NC(=O)NC2CCCCCC2)c1)N1CNC(=O)c2ccccc21. The van der Waals surface area contributed by atoms with Crippen molar-refractivity contribution >= 4 is 33.9 Å². The minimum Gasteiger partial charge on any atom is -0.337 e. The summed E-state index contributed by atoms with van der Waals surface area (Å²) in [5, 5.41) is 5.58. The van der Waals surface area contributed by atoms with E-state index in [-0.39, 0.29) is 23.5 Å². The molecule has 3 amide bonds. The van der Waals surface area contributed by atoms with Gasteiger partial charge < -0.3 is 20.3 Å². The van der Waals surface area contributed by atoms with Crippen molar-refractivity contribution in [3.63, 3.8) is 0 Å². The number of benzene rings is 2. The molecule has 192 valence electrons. The predicted octanol–water partition coefficient (Wildman–Crippen LogP) is 3.41. The fourth-order valence-corrected chi connectivity index (χ4v) is 6.07. The molecule has 1 fully saturated rings. The van der Waals surface area contributed by atoms with Gasteiger partial charge in [0.05, 0.1) is 22.8 Å². The zero-order valence-corrected chi connectivity index (χ0v) is 21.1. The number of carbonyl (C=O) groups is 3. The molecular weight excluding hydrogens is 480 g/mol. The molecule has 0 radical (unpaired) electrons. The lowest BCUT2D eigenvalue weighted by Crippen LogP contribution is -2.55. The van der Waals surface area contributed by atoms with Gasteiger partial charge in [-0.05, 0) is 49.1 Å². The van der Waals surface area contributed by atoms with Gasteiger partial charge in [0.1, 0.15) is 11.8 Å². The van der Waals surface area contributed by atoms with Crippen molar-refractivity contribution in [3.8, 4) is 0 Å². The molecule has 1 unspecified atom stereocenters. The zero-order chi connectivity index (χ0) is 25.8. The average Bonchev–Trinajstić information content (AvgIpc) is 3.15. The van der Waals surface area contributed by atoms with Gasteiger partial charge in [-0.15, -0.1) is 0 Å². The zero-order valence-electron chi connectivity index (χ0n) is 20.3. The van der Waals surface area contributed by atoms with Gasteiger partial charge in [-0.25, -0.2) is 17.9 Å². The van der Waals surface area contributed by atoms with E-state index >= 15 is 0 Å². The first-order valence-corrected chi connectivity index (χ1v) is 13.8. The summed E-state index contributed by atoms with van der Waals surface area (Å²) in [7, 11) is -4.18. The first-order chi connectivity index (χ1) is 17.3. The van der Waals surface area contributed by atoms with E-state index in [1.807, 2.05) is 6.92 Å². The Morgan fingerprint density at radius 2 is 1.83 bits per heavy atom. The maximum Gasteiger partial charge on any atom is 0.328 e. The second kappa shape index (κ2) is 10.7. The number of sulfonamides is 1. The van der Waals surface area contributed by atoms with Crippen molar-refractivity contribution in [1.82, 2.24) is 15.4 Å².